The number of rotatable bonds is 6. The topological polar surface area (TPSA) is 136 Å². The van der Waals surface area contributed by atoms with Crippen LogP contribution >= 0.6 is 0 Å². The van der Waals surface area contributed by atoms with E-state index in [2.05, 4.69) is 5.32 Å². The Morgan fingerprint density at radius 2 is 1.97 bits per heavy atom. The predicted molar refractivity (Wildman–Crippen MR) is 104 cm³/mol. The standard InChI is InChI=1S/C19H25N3O6S/c1-12(18(24)21-14-5-4-8-16(10-14)29(20,26)27)28-19(25)13-9-17(23)22(11-13)15-6-2-3-7-15/h4-5,8,10,12-13,15H,2-3,6-7,9,11H2,1H3,(H,21,24)(H2,20,26,27)/t12-,13-/m1/s1. The zero-order chi connectivity index (χ0) is 21.2. The van der Waals surface area contributed by atoms with Crippen molar-refractivity contribution in [3.05, 3.63) is 24.3 Å². The molecule has 9 nitrogen and oxygen atoms in total. The number of likely N-dealkylation sites (tertiary alicyclic amines) is 1. The Morgan fingerprint density at radius 1 is 1.28 bits per heavy atom. The second kappa shape index (κ2) is 8.50. The summed E-state index contributed by atoms with van der Waals surface area (Å²) < 4.78 is 28.1. The average Bonchev–Trinajstić information content (AvgIpc) is 3.30. The normalized spacial score (nSPS) is 21.2. The zero-order valence-electron chi connectivity index (χ0n) is 16.2. The lowest BCUT2D eigenvalue weighted by Crippen LogP contribution is -2.36. The summed E-state index contributed by atoms with van der Waals surface area (Å²) >= 11 is 0. The minimum absolute atomic E-state index is 0.0456. The summed E-state index contributed by atoms with van der Waals surface area (Å²) in [6, 6.07) is 5.66. The van der Waals surface area contributed by atoms with Crippen molar-refractivity contribution in [1.29, 1.82) is 0 Å². The van der Waals surface area contributed by atoms with E-state index in [1.54, 1.807) is 4.90 Å². The van der Waals surface area contributed by atoms with Crippen LogP contribution in [0.1, 0.15) is 39.0 Å². The smallest absolute Gasteiger partial charge is 0.312 e. The lowest BCUT2D eigenvalue weighted by atomic mass is 10.1. The molecule has 10 heteroatoms. The van der Waals surface area contributed by atoms with Crippen LogP contribution in [0.15, 0.2) is 29.2 Å². The fraction of sp³-hybridized carbons (Fsp3) is 0.526. The molecule has 0 aromatic heterocycles. The number of esters is 1. The van der Waals surface area contributed by atoms with Crippen molar-refractivity contribution < 1.29 is 27.5 Å². The quantitative estimate of drug-likeness (QED) is 0.655. The van der Waals surface area contributed by atoms with E-state index in [-0.39, 0.29) is 29.0 Å². The summed E-state index contributed by atoms with van der Waals surface area (Å²) in [5, 5.41) is 7.58. The van der Waals surface area contributed by atoms with Gasteiger partial charge in [-0.2, -0.15) is 0 Å². The van der Waals surface area contributed by atoms with E-state index in [0.717, 1.165) is 25.7 Å². The minimum Gasteiger partial charge on any atom is -0.452 e. The molecular formula is C19H25N3O6S. The summed E-state index contributed by atoms with van der Waals surface area (Å²) in [6.07, 6.45) is 3.10. The Hall–Kier alpha value is -2.46. The van der Waals surface area contributed by atoms with E-state index in [0.29, 0.717) is 6.54 Å². The summed E-state index contributed by atoms with van der Waals surface area (Å²) in [5.41, 5.74) is 0.216. The summed E-state index contributed by atoms with van der Waals surface area (Å²) in [5.74, 6) is -1.82. The van der Waals surface area contributed by atoms with Crippen LogP contribution in [0.5, 0.6) is 0 Å². The SMILES string of the molecule is C[C@@H](OC(=O)[C@@H]1CC(=O)N(C2CCCC2)C1)C(=O)Nc1cccc(S(N)(=O)=O)c1. The van der Waals surface area contributed by atoms with Gasteiger partial charge in [-0.05, 0) is 38.0 Å². The lowest BCUT2D eigenvalue weighted by Gasteiger charge is -2.24. The molecule has 0 radical (unpaired) electrons. The number of hydrogen-bond acceptors (Lipinski definition) is 6. The lowest BCUT2D eigenvalue weighted by molar-refractivity contribution is -0.157. The van der Waals surface area contributed by atoms with Crippen molar-refractivity contribution in [1.82, 2.24) is 4.90 Å². The number of amides is 2. The first-order valence-corrected chi connectivity index (χ1v) is 11.1. The molecule has 1 heterocycles. The van der Waals surface area contributed by atoms with Gasteiger partial charge in [0.05, 0.1) is 10.8 Å². The van der Waals surface area contributed by atoms with Crippen molar-refractivity contribution in [2.24, 2.45) is 11.1 Å². The summed E-state index contributed by atoms with van der Waals surface area (Å²) in [4.78, 5) is 38.6. The molecule has 0 bridgehead atoms. The Balaban J connectivity index is 1.56. The third-order valence-electron chi connectivity index (χ3n) is 5.35. The maximum atomic E-state index is 12.4. The number of primary sulfonamides is 1. The van der Waals surface area contributed by atoms with Gasteiger partial charge in [-0.3, -0.25) is 14.4 Å². The van der Waals surface area contributed by atoms with Gasteiger partial charge in [0.2, 0.25) is 15.9 Å². The maximum Gasteiger partial charge on any atom is 0.312 e. The first kappa shape index (κ1) is 21.3. The van der Waals surface area contributed by atoms with Crippen molar-refractivity contribution in [2.75, 3.05) is 11.9 Å². The van der Waals surface area contributed by atoms with Crippen LogP contribution in [-0.2, 0) is 29.1 Å². The van der Waals surface area contributed by atoms with E-state index in [1.807, 2.05) is 0 Å². The Bertz CT molecular complexity index is 910. The van der Waals surface area contributed by atoms with E-state index in [4.69, 9.17) is 9.88 Å². The number of nitrogens with one attached hydrogen (secondary N) is 1. The molecule has 0 unspecified atom stereocenters. The van der Waals surface area contributed by atoms with E-state index < -0.39 is 33.9 Å². The number of carbonyl (C=O) groups excluding carboxylic acids is 3. The molecule has 2 aliphatic rings. The molecule has 3 rings (SSSR count). The maximum absolute atomic E-state index is 12.4. The third-order valence-corrected chi connectivity index (χ3v) is 6.26. The number of nitrogens with two attached hydrogens (primary N) is 1. The van der Waals surface area contributed by atoms with Crippen LogP contribution in [0, 0.1) is 5.92 Å². The molecule has 1 aromatic carbocycles. The van der Waals surface area contributed by atoms with Crippen molar-refractivity contribution >= 4 is 33.5 Å². The molecule has 1 aliphatic carbocycles. The molecule has 2 fully saturated rings. The molecule has 1 aromatic rings. The van der Waals surface area contributed by atoms with Gasteiger partial charge >= 0.3 is 5.97 Å². The van der Waals surface area contributed by atoms with Crippen LogP contribution < -0.4 is 10.5 Å². The molecule has 3 N–H and O–H groups in total. The van der Waals surface area contributed by atoms with Crippen molar-refractivity contribution in [3.8, 4) is 0 Å². The fourth-order valence-corrected chi connectivity index (χ4v) is 4.34. The largest absolute Gasteiger partial charge is 0.452 e. The molecule has 0 spiro atoms. The minimum atomic E-state index is -3.90. The molecule has 2 amide bonds. The van der Waals surface area contributed by atoms with Crippen LogP contribution in [0.4, 0.5) is 5.69 Å². The molecule has 1 saturated heterocycles. The summed E-state index contributed by atoms with van der Waals surface area (Å²) in [6.45, 7) is 1.75. The first-order valence-electron chi connectivity index (χ1n) is 9.59. The highest BCUT2D eigenvalue weighted by Gasteiger charge is 2.40. The van der Waals surface area contributed by atoms with Crippen molar-refractivity contribution in [2.45, 2.75) is 56.1 Å². The predicted octanol–water partition coefficient (Wildman–Crippen LogP) is 0.995. The molecule has 1 saturated carbocycles. The van der Waals surface area contributed by atoms with Crippen molar-refractivity contribution in [3.63, 3.8) is 0 Å². The summed E-state index contributed by atoms with van der Waals surface area (Å²) in [7, 11) is -3.90. The zero-order valence-corrected chi connectivity index (χ0v) is 17.0. The van der Waals surface area contributed by atoms with E-state index >= 15 is 0 Å². The molecule has 2 atom stereocenters. The van der Waals surface area contributed by atoms with Gasteiger partial charge in [-0.15, -0.1) is 0 Å². The fourth-order valence-electron chi connectivity index (χ4n) is 3.78. The molecule has 158 valence electrons. The molecule has 1 aliphatic heterocycles. The van der Waals surface area contributed by atoms with E-state index in [9.17, 15) is 22.8 Å². The molecule has 29 heavy (non-hydrogen) atoms. The number of sulfonamides is 1. The number of carbonyl (C=O) groups is 3. The monoisotopic (exact) mass is 423 g/mol. The molecular weight excluding hydrogens is 398 g/mol. The number of anilines is 1. The number of nitrogens with zero attached hydrogens (tertiary/aromatic N) is 1. The van der Waals surface area contributed by atoms with Crippen LogP contribution in [0.25, 0.3) is 0 Å². The average molecular weight is 423 g/mol. The van der Waals surface area contributed by atoms with E-state index in [1.165, 1.54) is 31.2 Å². The number of benzene rings is 1. The highest BCUT2D eigenvalue weighted by molar-refractivity contribution is 7.89. The van der Waals surface area contributed by atoms with Gasteiger partial charge in [0.15, 0.2) is 6.10 Å². The highest BCUT2D eigenvalue weighted by Crippen LogP contribution is 2.30. The third kappa shape index (κ3) is 5.13. The van der Waals surface area contributed by atoms with Gasteiger partial charge in [-0.1, -0.05) is 18.9 Å². The van der Waals surface area contributed by atoms with Gasteiger partial charge in [-0.25, -0.2) is 13.6 Å². The van der Waals surface area contributed by atoms with Crippen LogP contribution in [0.3, 0.4) is 0 Å². The Morgan fingerprint density at radius 3 is 2.62 bits per heavy atom. The number of ether oxygens (including phenoxy) is 1. The van der Waals surface area contributed by atoms with Crippen LogP contribution in [0.2, 0.25) is 0 Å². The Kier molecular flexibility index (Phi) is 6.23. The van der Waals surface area contributed by atoms with Gasteiger partial charge < -0.3 is 15.0 Å². The van der Waals surface area contributed by atoms with Gasteiger partial charge in [0.1, 0.15) is 0 Å². The first-order chi connectivity index (χ1) is 13.6. The van der Waals surface area contributed by atoms with Gasteiger partial charge in [0, 0.05) is 24.7 Å². The second-order valence-electron chi connectivity index (χ2n) is 7.53. The highest BCUT2D eigenvalue weighted by atomic mass is 32.2. The van der Waals surface area contributed by atoms with Gasteiger partial charge in [0.25, 0.3) is 5.91 Å². The second-order valence-corrected chi connectivity index (χ2v) is 9.09. The number of hydrogen-bond donors (Lipinski definition) is 2. The Labute approximate surface area is 169 Å². The van der Waals surface area contributed by atoms with Crippen LogP contribution in [-0.4, -0.2) is 49.8 Å².